The zero-order chi connectivity index (χ0) is 14.7. The van der Waals surface area contributed by atoms with Gasteiger partial charge in [-0.3, -0.25) is 10.1 Å². The van der Waals surface area contributed by atoms with Crippen molar-refractivity contribution in [2.24, 2.45) is 0 Å². The zero-order valence-corrected chi connectivity index (χ0v) is 12.0. The van der Waals surface area contributed by atoms with Gasteiger partial charge in [0.1, 0.15) is 5.75 Å². The van der Waals surface area contributed by atoms with Gasteiger partial charge in [0.25, 0.3) is 0 Å². The van der Waals surface area contributed by atoms with Crippen LogP contribution in [0.1, 0.15) is 0 Å². The number of pyridine rings is 1. The summed E-state index contributed by atoms with van der Waals surface area (Å²) in [5.74, 6) is 0.529. The lowest BCUT2D eigenvalue weighted by Gasteiger charge is -2.09. The number of nitrogen functional groups attached to an aromatic ring is 1. The Labute approximate surface area is 122 Å². The number of benzene rings is 1. The molecule has 0 saturated heterocycles. The van der Waals surface area contributed by atoms with E-state index in [1.54, 1.807) is 6.07 Å². The van der Waals surface area contributed by atoms with Crippen LogP contribution in [0.15, 0.2) is 34.9 Å². The van der Waals surface area contributed by atoms with Gasteiger partial charge in [-0.15, -0.1) is 0 Å². The lowest BCUT2D eigenvalue weighted by molar-refractivity contribution is -0.385. The molecule has 0 saturated carbocycles. The summed E-state index contributed by atoms with van der Waals surface area (Å²) in [5, 5.41) is 11.0. The average molecular weight is 340 g/mol. The molecule has 1 aromatic heterocycles. The minimum Gasteiger partial charge on any atom is -0.497 e. The van der Waals surface area contributed by atoms with Gasteiger partial charge < -0.3 is 15.2 Å². The van der Waals surface area contributed by atoms with E-state index < -0.39 is 4.92 Å². The largest absolute Gasteiger partial charge is 0.497 e. The molecule has 0 fully saturated rings. The van der Waals surface area contributed by atoms with E-state index in [2.05, 4.69) is 20.9 Å². The second kappa shape index (κ2) is 5.74. The lowest BCUT2D eigenvalue weighted by atomic mass is 10.3. The number of hydrogen-bond donors (Lipinski definition) is 1. The standard InChI is InChI=1S/C12H10BrN3O4/c1-19-8-2-3-10(16(17)18)11(5-8)20-12-9(14)4-7(13)6-15-12/h2-6H,14H2,1H3. The van der Waals surface area contributed by atoms with Crippen molar-refractivity contribution in [1.29, 1.82) is 0 Å². The second-order valence-corrected chi connectivity index (χ2v) is 4.66. The quantitative estimate of drug-likeness (QED) is 0.678. The highest BCUT2D eigenvalue weighted by Gasteiger charge is 2.18. The summed E-state index contributed by atoms with van der Waals surface area (Å²) >= 11 is 3.22. The molecule has 2 N–H and O–H groups in total. The summed E-state index contributed by atoms with van der Waals surface area (Å²) in [4.78, 5) is 14.4. The first-order valence-electron chi connectivity index (χ1n) is 5.42. The molecule has 0 radical (unpaired) electrons. The second-order valence-electron chi connectivity index (χ2n) is 3.74. The molecule has 8 heteroatoms. The van der Waals surface area contributed by atoms with Crippen LogP contribution in [0.25, 0.3) is 0 Å². The summed E-state index contributed by atoms with van der Waals surface area (Å²) < 4.78 is 11.1. The molecule has 2 aromatic rings. The van der Waals surface area contributed by atoms with Crippen LogP contribution in [0.5, 0.6) is 17.4 Å². The maximum atomic E-state index is 11.0. The first-order chi connectivity index (χ1) is 9.51. The Hall–Kier alpha value is -2.35. The number of nitro benzene ring substituents is 1. The molecule has 0 aliphatic heterocycles. The zero-order valence-electron chi connectivity index (χ0n) is 10.4. The Morgan fingerprint density at radius 1 is 1.40 bits per heavy atom. The predicted molar refractivity (Wildman–Crippen MR) is 76.1 cm³/mol. The van der Waals surface area contributed by atoms with E-state index in [0.717, 1.165) is 0 Å². The number of anilines is 1. The van der Waals surface area contributed by atoms with Crippen molar-refractivity contribution in [3.05, 3.63) is 45.0 Å². The molecule has 0 amide bonds. The minimum atomic E-state index is -0.552. The number of methoxy groups -OCH3 is 1. The Kier molecular flexibility index (Phi) is 4.04. The Morgan fingerprint density at radius 2 is 2.15 bits per heavy atom. The molecular formula is C12H10BrN3O4. The van der Waals surface area contributed by atoms with E-state index in [4.69, 9.17) is 15.2 Å². The fourth-order valence-corrected chi connectivity index (χ4v) is 1.83. The normalized spacial score (nSPS) is 10.1. The van der Waals surface area contributed by atoms with Crippen LogP contribution in [0.2, 0.25) is 0 Å². The molecule has 1 heterocycles. The van der Waals surface area contributed by atoms with E-state index >= 15 is 0 Å². The molecule has 0 spiro atoms. The third kappa shape index (κ3) is 2.97. The van der Waals surface area contributed by atoms with Crippen molar-refractivity contribution < 1.29 is 14.4 Å². The number of nitrogens with two attached hydrogens (primary N) is 1. The number of halogens is 1. The van der Waals surface area contributed by atoms with Crippen LogP contribution in [0.4, 0.5) is 11.4 Å². The SMILES string of the molecule is COc1ccc([N+](=O)[O-])c(Oc2ncc(Br)cc2N)c1. The molecule has 0 aliphatic carbocycles. The highest BCUT2D eigenvalue weighted by Crippen LogP contribution is 2.36. The highest BCUT2D eigenvalue weighted by atomic mass is 79.9. The number of nitro groups is 1. The van der Waals surface area contributed by atoms with Crippen molar-refractivity contribution in [3.63, 3.8) is 0 Å². The summed E-state index contributed by atoms with van der Waals surface area (Å²) in [6.45, 7) is 0. The van der Waals surface area contributed by atoms with E-state index in [0.29, 0.717) is 10.2 Å². The Morgan fingerprint density at radius 3 is 2.75 bits per heavy atom. The average Bonchev–Trinajstić information content (AvgIpc) is 2.41. The fourth-order valence-electron chi connectivity index (χ4n) is 1.49. The van der Waals surface area contributed by atoms with Crippen LogP contribution in [0.3, 0.4) is 0 Å². The van der Waals surface area contributed by atoms with Gasteiger partial charge in [0.05, 0.1) is 17.7 Å². The molecular weight excluding hydrogens is 330 g/mol. The number of hydrogen-bond acceptors (Lipinski definition) is 6. The molecule has 0 unspecified atom stereocenters. The number of nitrogens with zero attached hydrogens (tertiary/aromatic N) is 2. The first-order valence-corrected chi connectivity index (χ1v) is 6.22. The number of ether oxygens (including phenoxy) is 2. The highest BCUT2D eigenvalue weighted by molar-refractivity contribution is 9.10. The number of aromatic nitrogens is 1. The van der Waals surface area contributed by atoms with Crippen molar-refractivity contribution >= 4 is 27.3 Å². The van der Waals surface area contributed by atoms with Gasteiger partial charge in [-0.05, 0) is 28.1 Å². The van der Waals surface area contributed by atoms with E-state index in [1.165, 1.54) is 31.5 Å². The number of rotatable bonds is 4. The van der Waals surface area contributed by atoms with Crippen molar-refractivity contribution in [2.75, 3.05) is 12.8 Å². The van der Waals surface area contributed by atoms with Crippen LogP contribution in [0, 0.1) is 10.1 Å². The van der Waals surface area contributed by atoms with Gasteiger partial charge in [0, 0.05) is 22.8 Å². The van der Waals surface area contributed by atoms with E-state index in [1.807, 2.05) is 0 Å². The summed E-state index contributed by atoms with van der Waals surface area (Å²) in [6.07, 6.45) is 1.48. The van der Waals surface area contributed by atoms with Crippen molar-refractivity contribution in [2.45, 2.75) is 0 Å². The monoisotopic (exact) mass is 339 g/mol. The summed E-state index contributed by atoms with van der Waals surface area (Å²) in [6, 6.07) is 5.77. The third-order valence-corrected chi connectivity index (χ3v) is 2.85. The van der Waals surface area contributed by atoms with Gasteiger partial charge >= 0.3 is 5.69 Å². The van der Waals surface area contributed by atoms with E-state index in [9.17, 15) is 10.1 Å². The Bertz CT molecular complexity index is 663. The van der Waals surface area contributed by atoms with Crippen LogP contribution in [-0.4, -0.2) is 17.0 Å². The fraction of sp³-hybridized carbons (Fsp3) is 0.0833. The molecule has 0 bridgehead atoms. The smallest absolute Gasteiger partial charge is 0.311 e. The molecule has 20 heavy (non-hydrogen) atoms. The molecule has 2 rings (SSSR count). The van der Waals surface area contributed by atoms with Crippen LogP contribution < -0.4 is 15.2 Å². The predicted octanol–water partition coefficient (Wildman–Crippen LogP) is 3.14. The Balaban J connectivity index is 2.43. The lowest BCUT2D eigenvalue weighted by Crippen LogP contribution is -1.98. The van der Waals surface area contributed by atoms with E-state index in [-0.39, 0.29) is 23.0 Å². The van der Waals surface area contributed by atoms with Crippen LogP contribution >= 0.6 is 15.9 Å². The van der Waals surface area contributed by atoms with Crippen LogP contribution in [-0.2, 0) is 0 Å². The maximum Gasteiger partial charge on any atom is 0.311 e. The van der Waals surface area contributed by atoms with Gasteiger partial charge in [0.2, 0.25) is 11.6 Å². The van der Waals surface area contributed by atoms with Gasteiger partial charge in [-0.25, -0.2) is 4.98 Å². The van der Waals surface area contributed by atoms with Gasteiger partial charge in [0.15, 0.2) is 0 Å². The molecule has 1 aromatic carbocycles. The van der Waals surface area contributed by atoms with Crippen molar-refractivity contribution in [1.82, 2.24) is 4.98 Å². The molecule has 104 valence electrons. The molecule has 0 atom stereocenters. The first kappa shape index (κ1) is 14.1. The topological polar surface area (TPSA) is 101 Å². The third-order valence-electron chi connectivity index (χ3n) is 2.42. The maximum absolute atomic E-state index is 11.0. The van der Waals surface area contributed by atoms with Gasteiger partial charge in [-0.2, -0.15) is 0 Å². The summed E-state index contributed by atoms with van der Waals surface area (Å²) in [5.41, 5.74) is 5.81. The summed E-state index contributed by atoms with van der Waals surface area (Å²) in [7, 11) is 1.46. The molecule has 7 nitrogen and oxygen atoms in total. The van der Waals surface area contributed by atoms with Crippen molar-refractivity contribution in [3.8, 4) is 17.4 Å². The minimum absolute atomic E-state index is 0.0101. The van der Waals surface area contributed by atoms with Gasteiger partial charge in [-0.1, -0.05) is 0 Å². The molecule has 0 aliphatic rings.